The molecule has 0 saturated carbocycles. The van der Waals surface area contributed by atoms with Crippen molar-refractivity contribution in [2.45, 2.75) is 25.3 Å². The lowest BCUT2D eigenvalue weighted by Crippen LogP contribution is -2.33. The number of hydrogen-bond donors (Lipinski definition) is 3. The molecule has 19 heavy (non-hydrogen) atoms. The summed E-state index contributed by atoms with van der Waals surface area (Å²) in [7, 11) is 0. The van der Waals surface area contributed by atoms with Crippen LogP contribution in [0.3, 0.4) is 0 Å². The highest BCUT2D eigenvalue weighted by molar-refractivity contribution is 5.20. The van der Waals surface area contributed by atoms with E-state index in [1.165, 1.54) is 5.56 Å². The summed E-state index contributed by atoms with van der Waals surface area (Å²) in [4.78, 5) is 4.31. The normalized spacial score (nSPS) is 19.6. The molecule has 4 nitrogen and oxygen atoms in total. The van der Waals surface area contributed by atoms with Gasteiger partial charge in [0.25, 0.3) is 0 Å². The predicted molar refractivity (Wildman–Crippen MR) is 77.0 cm³/mol. The second-order valence-corrected chi connectivity index (χ2v) is 4.78. The summed E-state index contributed by atoms with van der Waals surface area (Å²) >= 11 is 0. The van der Waals surface area contributed by atoms with Gasteiger partial charge in [-0.2, -0.15) is 0 Å². The Balaban J connectivity index is 1.96. The topological polar surface area (TPSA) is 71.2 Å². The van der Waals surface area contributed by atoms with Gasteiger partial charge in [-0.3, -0.25) is 4.98 Å². The van der Waals surface area contributed by atoms with Crippen molar-refractivity contribution in [1.82, 2.24) is 10.3 Å². The average molecular weight is 259 g/mol. The van der Waals surface area contributed by atoms with Crippen molar-refractivity contribution in [2.24, 2.45) is 5.73 Å². The average Bonchev–Trinajstić information content (AvgIpc) is 2.46. The number of rotatable bonds is 5. The molecule has 1 atom stereocenters. The molecule has 0 amide bonds. The molecule has 2 rings (SSSR count). The Morgan fingerprint density at radius 2 is 2.42 bits per heavy atom. The third-order valence-electron chi connectivity index (χ3n) is 3.23. The summed E-state index contributed by atoms with van der Waals surface area (Å²) in [6.07, 6.45) is 10.6. The second-order valence-electron chi connectivity index (χ2n) is 4.78. The van der Waals surface area contributed by atoms with E-state index in [4.69, 9.17) is 5.73 Å². The fourth-order valence-electron chi connectivity index (χ4n) is 2.17. The molecule has 0 aliphatic carbocycles. The first-order valence-electron chi connectivity index (χ1n) is 6.68. The Labute approximate surface area is 114 Å². The van der Waals surface area contributed by atoms with E-state index in [1.807, 2.05) is 6.20 Å². The van der Waals surface area contributed by atoms with Gasteiger partial charge in [0.05, 0.1) is 6.54 Å². The van der Waals surface area contributed by atoms with Crippen LogP contribution < -0.4 is 11.1 Å². The molecule has 0 bridgehead atoms. The molecule has 4 heteroatoms. The molecule has 102 valence electrons. The number of allylic oxidation sites excluding steroid dienone is 1. The summed E-state index contributed by atoms with van der Waals surface area (Å²) < 4.78 is 0. The van der Waals surface area contributed by atoms with Crippen molar-refractivity contribution in [3.05, 3.63) is 53.6 Å². The minimum absolute atomic E-state index is 0.179. The molecule has 1 aliphatic rings. The Bertz CT molecular complexity index is 468. The van der Waals surface area contributed by atoms with Gasteiger partial charge < -0.3 is 16.2 Å². The molecule has 0 spiro atoms. The number of aliphatic hydroxyl groups is 1. The van der Waals surface area contributed by atoms with Crippen LogP contribution in [0, 0.1) is 0 Å². The van der Waals surface area contributed by atoms with Gasteiger partial charge in [-0.15, -0.1) is 0 Å². The maximum absolute atomic E-state index is 9.34. The van der Waals surface area contributed by atoms with Crippen LogP contribution in [0.4, 0.5) is 0 Å². The highest BCUT2D eigenvalue weighted by Crippen LogP contribution is 2.10. The first kappa shape index (κ1) is 13.8. The van der Waals surface area contributed by atoms with Crippen molar-refractivity contribution in [1.29, 1.82) is 0 Å². The molecule has 1 aliphatic heterocycles. The lowest BCUT2D eigenvalue weighted by Gasteiger charge is -2.19. The molecule has 0 saturated heterocycles. The van der Waals surface area contributed by atoms with E-state index in [2.05, 4.69) is 34.6 Å². The Morgan fingerprint density at radius 1 is 1.53 bits per heavy atom. The van der Waals surface area contributed by atoms with Crippen LogP contribution in [0.5, 0.6) is 0 Å². The molecule has 1 aromatic heterocycles. The minimum atomic E-state index is 0.179. The minimum Gasteiger partial charge on any atom is -0.511 e. The third kappa shape index (κ3) is 4.50. The number of pyridine rings is 1. The van der Waals surface area contributed by atoms with E-state index in [9.17, 15) is 5.11 Å². The molecule has 0 fully saturated rings. The van der Waals surface area contributed by atoms with Gasteiger partial charge in [0, 0.05) is 30.9 Å². The third-order valence-corrected chi connectivity index (χ3v) is 3.23. The molecular formula is C15H21N3O. The van der Waals surface area contributed by atoms with Crippen LogP contribution in [-0.2, 0) is 12.8 Å². The SMILES string of the molecule is NC/C(O)=C\Cc1cc(CC2CC=CCN2)ccn1. The van der Waals surface area contributed by atoms with E-state index in [0.717, 1.165) is 25.1 Å². The highest BCUT2D eigenvalue weighted by Gasteiger charge is 2.09. The summed E-state index contributed by atoms with van der Waals surface area (Å²) in [5, 5.41) is 12.8. The first-order valence-corrected chi connectivity index (χ1v) is 6.68. The standard InChI is InChI=1S/C15H21N3O/c16-11-15(19)5-4-14-10-12(6-8-18-14)9-13-3-1-2-7-17-13/h1-2,5-6,8,10,13,17,19H,3-4,7,9,11,16H2/b15-5+. The second kappa shape index (κ2) is 7.07. The molecule has 0 aromatic carbocycles. The lowest BCUT2D eigenvalue weighted by atomic mass is 10.0. The van der Waals surface area contributed by atoms with Crippen molar-refractivity contribution in [3.8, 4) is 0 Å². The van der Waals surface area contributed by atoms with Crippen molar-refractivity contribution >= 4 is 0 Å². The molecule has 0 radical (unpaired) electrons. The Hall–Kier alpha value is -1.65. The fraction of sp³-hybridized carbons (Fsp3) is 0.400. The maximum atomic E-state index is 9.34. The summed E-state index contributed by atoms with van der Waals surface area (Å²) in [5.74, 6) is 0.214. The maximum Gasteiger partial charge on any atom is 0.102 e. The number of aliphatic hydroxyl groups excluding tert-OH is 1. The predicted octanol–water partition coefficient (Wildman–Crippen LogP) is 1.49. The van der Waals surface area contributed by atoms with Crippen LogP contribution in [0.15, 0.2) is 42.3 Å². The summed E-state index contributed by atoms with van der Waals surface area (Å²) in [6, 6.07) is 4.66. The van der Waals surface area contributed by atoms with Crippen LogP contribution in [0.2, 0.25) is 0 Å². The van der Waals surface area contributed by atoms with Crippen molar-refractivity contribution < 1.29 is 5.11 Å². The smallest absolute Gasteiger partial charge is 0.102 e. The van der Waals surface area contributed by atoms with Gasteiger partial charge in [0.1, 0.15) is 5.76 Å². The molecule has 4 N–H and O–H groups in total. The molecular weight excluding hydrogens is 238 g/mol. The fourth-order valence-corrected chi connectivity index (χ4v) is 2.17. The lowest BCUT2D eigenvalue weighted by molar-refractivity contribution is 0.401. The van der Waals surface area contributed by atoms with E-state index < -0.39 is 0 Å². The largest absolute Gasteiger partial charge is 0.511 e. The molecule has 1 unspecified atom stereocenters. The van der Waals surface area contributed by atoms with Crippen molar-refractivity contribution in [2.75, 3.05) is 13.1 Å². The zero-order valence-corrected chi connectivity index (χ0v) is 11.0. The monoisotopic (exact) mass is 259 g/mol. The Kier molecular flexibility index (Phi) is 5.12. The zero-order valence-electron chi connectivity index (χ0n) is 11.0. The number of aromatic nitrogens is 1. The zero-order chi connectivity index (χ0) is 13.5. The number of nitrogens with one attached hydrogen (secondary N) is 1. The summed E-state index contributed by atoms with van der Waals surface area (Å²) in [5.41, 5.74) is 7.57. The van der Waals surface area contributed by atoms with E-state index in [-0.39, 0.29) is 12.3 Å². The van der Waals surface area contributed by atoms with Crippen LogP contribution >= 0.6 is 0 Å². The van der Waals surface area contributed by atoms with Gasteiger partial charge >= 0.3 is 0 Å². The van der Waals surface area contributed by atoms with Gasteiger partial charge in [-0.25, -0.2) is 0 Å². The van der Waals surface area contributed by atoms with E-state index in [1.54, 1.807) is 6.08 Å². The van der Waals surface area contributed by atoms with Gasteiger partial charge in [-0.05, 0) is 36.6 Å². The van der Waals surface area contributed by atoms with Gasteiger partial charge in [-0.1, -0.05) is 12.2 Å². The number of nitrogens with two attached hydrogens (primary N) is 1. The van der Waals surface area contributed by atoms with E-state index in [0.29, 0.717) is 12.5 Å². The van der Waals surface area contributed by atoms with Crippen molar-refractivity contribution in [3.63, 3.8) is 0 Å². The summed E-state index contributed by atoms with van der Waals surface area (Å²) in [6.45, 7) is 1.13. The van der Waals surface area contributed by atoms with Gasteiger partial charge in [0.15, 0.2) is 0 Å². The number of nitrogens with zero attached hydrogens (tertiary/aromatic N) is 1. The van der Waals surface area contributed by atoms with Crippen LogP contribution in [0.1, 0.15) is 17.7 Å². The highest BCUT2D eigenvalue weighted by atomic mass is 16.3. The van der Waals surface area contributed by atoms with Crippen LogP contribution in [0.25, 0.3) is 0 Å². The Morgan fingerprint density at radius 3 is 3.16 bits per heavy atom. The van der Waals surface area contributed by atoms with E-state index >= 15 is 0 Å². The van der Waals surface area contributed by atoms with Gasteiger partial charge in [0.2, 0.25) is 0 Å². The quantitative estimate of drug-likeness (QED) is 0.553. The first-order chi connectivity index (χ1) is 9.28. The number of hydrogen-bond acceptors (Lipinski definition) is 4. The molecule has 1 aromatic rings. The van der Waals surface area contributed by atoms with Crippen LogP contribution in [-0.4, -0.2) is 29.2 Å². The molecule has 2 heterocycles.